The smallest absolute Gasteiger partial charge is 0.163 e. The van der Waals surface area contributed by atoms with Crippen LogP contribution >= 0.6 is 0 Å². The summed E-state index contributed by atoms with van der Waals surface area (Å²) in [6.45, 7) is 13.9. The topological polar surface area (TPSA) is 55.1 Å². The highest BCUT2D eigenvalue weighted by atomic mass is 16.5. The highest BCUT2D eigenvalue weighted by molar-refractivity contribution is 5.35. The average Bonchev–Trinajstić information content (AvgIpc) is 3.14. The number of ether oxygens (including phenoxy) is 2. The number of rotatable bonds is 11. The Morgan fingerprint density at radius 2 is 1.75 bits per heavy atom. The van der Waals surface area contributed by atoms with E-state index in [2.05, 4.69) is 18.1 Å². The van der Waals surface area contributed by atoms with Gasteiger partial charge in [-0.2, -0.15) is 0 Å². The second-order valence-electron chi connectivity index (χ2n) is 7.05. The fourth-order valence-corrected chi connectivity index (χ4v) is 3.17. The van der Waals surface area contributed by atoms with E-state index in [1.54, 1.807) is 34.1 Å². The minimum absolute atomic E-state index is 0.437. The van der Waals surface area contributed by atoms with Gasteiger partial charge in [-0.05, 0) is 43.2 Å². The molecule has 152 valence electrons. The third-order valence-corrected chi connectivity index (χ3v) is 4.83. The second-order valence-corrected chi connectivity index (χ2v) is 7.05. The SMILES string of the molecule is C=C(C)C(O)(C(=C)C)c1ccc(CN(CCOC)Cc2ccccc2OC)o1. The summed E-state index contributed by atoms with van der Waals surface area (Å²) in [5.41, 5.74) is 0.878. The van der Waals surface area contributed by atoms with Gasteiger partial charge >= 0.3 is 0 Å². The molecule has 2 rings (SSSR count). The third kappa shape index (κ3) is 4.93. The van der Waals surface area contributed by atoms with Crippen LogP contribution in [0, 0.1) is 0 Å². The Bertz CT molecular complexity index is 794. The fraction of sp³-hybridized carbons (Fsp3) is 0.391. The first-order valence-corrected chi connectivity index (χ1v) is 9.29. The van der Waals surface area contributed by atoms with Gasteiger partial charge in [0.25, 0.3) is 0 Å². The molecule has 1 aromatic carbocycles. The summed E-state index contributed by atoms with van der Waals surface area (Å²) < 4.78 is 16.7. The normalized spacial score (nSPS) is 11.6. The molecule has 0 radical (unpaired) electrons. The van der Waals surface area contributed by atoms with E-state index in [-0.39, 0.29) is 0 Å². The number of methoxy groups -OCH3 is 2. The van der Waals surface area contributed by atoms with Crippen LogP contribution in [0.1, 0.15) is 30.9 Å². The van der Waals surface area contributed by atoms with Gasteiger partial charge in [-0.3, -0.25) is 4.90 Å². The molecule has 0 aliphatic heterocycles. The van der Waals surface area contributed by atoms with Crippen molar-refractivity contribution >= 4 is 0 Å². The Balaban J connectivity index is 2.22. The number of para-hydroxylation sites is 1. The summed E-state index contributed by atoms with van der Waals surface area (Å²) in [4.78, 5) is 2.21. The zero-order valence-electron chi connectivity index (χ0n) is 17.3. The van der Waals surface area contributed by atoms with E-state index in [0.29, 0.717) is 36.6 Å². The van der Waals surface area contributed by atoms with E-state index in [4.69, 9.17) is 13.9 Å². The first-order valence-electron chi connectivity index (χ1n) is 9.29. The molecular formula is C23H31NO4. The highest BCUT2D eigenvalue weighted by Crippen LogP contribution is 2.36. The van der Waals surface area contributed by atoms with Crippen LogP contribution in [0.5, 0.6) is 5.75 Å². The predicted octanol–water partition coefficient (Wildman–Crippen LogP) is 4.28. The number of hydrogen-bond acceptors (Lipinski definition) is 5. The van der Waals surface area contributed by atoms with Crippen LogP contribution in [0.25, 0.3) is 0 Å². The van der Waals surface area contributed by atoms with Gasteiger partial charge in [0, 0.05) is 25.8 Å². The average molecular weight is 386 g/mol. The Morgan fingerprint density at radius 3 is 2.36 bits per heavy atom. The van der Waals surface area contributed by atoms with Crippen LogP contribution in [-0.2, 0) is 23.4 Å². The van der Waals surface area contributed by atoms with Crippen LogP contribution in [0.15, 0.2) is 65.1 Å². The largest absolute Gasteiger partial charge is 0.496 e. The molecule has 1 heterocycles. The van der Waals surface area contributed by atoms with Gasteiger partial charge in [0.15, 0.2) is 5.60 Å². The zero-order chi connectivity index (χ0) is 20.7. The first-order chi connectivity index (χ1) is 13.3. The van der Waals surface area contributed by atoms with Crippen LogP contribution in [0.4, 0.5) is 0 Å². The van der Waals surface area contributed by atoms with E-state index < -0.39 is 5.60 Å². The van der Waals surface area contributed by atoms with Gasteiger partial charge in [-0.25, -0.2) is 0 Å². The zero-order valence-corrected chi connectivity index (χ0v) is 17.3. The second kappa shape index (κ2) is 9.73. The Hall–Kier alpha value is -2.34. The van der Waals surface area contributed by atoms with Crippen molar-refractivity contribution in [3.63, 3.8) is 0 Å². The molecule has 0 aliphatic carbocycles. The molecular weight excluding hydrogens is 354 g/mol. The lowest BCUT2D eigenvalue weighted by molar-refractivity contribution is 0.0862. The van der Waals surface area contributed by atoms with Crippen LogP contribution < -0.4 is 4.74 Å². The van der Waals surface area contributed by atoms with Crippen molar-refractivity contribution < 1.29 is 19.0 Å². The monoisotopic (exact) mass is 385 g/mol. The molecule has 5 nitrogen and oxygen atoms in total. The predicted molar refractivity (Wildman–Crippen MR) is 111 cm³/mol. The molecule has 0 saturated heterocycles. The van der Waals surface area contributed by atoms with E-state index in [1.165, 1.54) is 0 Å². The number of benzene rings is 1. The summed E-state index contributed by atoms with van der Waals surface area (Å²) in [5, 5.41) is 11.0. The molecule has 0 unspecified atom stereocenters. The molecule has 5 heteroatoms. The maximum atomic E-state index is 11.0. The molecule has 0 atom stereocenters. The van der Waals surface area contributed by atoms with Crippen LogP contribution in [-0.4, -0.2) is 37.4 Å². The van der Waals surface area contributed by atoms with Gasteiger partial charge in [-0.1, -0.05) is 31.4 Å². The number of furan rings is 1. The molecule has 0 spiro atoms. The van der Waals surface area contributed by atoms with E-state index in [0.717, 1.165) is 23.6 Å². The molecule has 1 N–H and O–H groups in total. The van der Waals surface area contributed by atoms with E-state index >= 15 is 0 Å². The molecule has 1 aromatic heterocycles. The number of nitrogens with zero attached hydrogens (tertiary/aromatic N) is 1. The summed E-state index contributed by atoms with van der Waals surface area (Å²) in [6, 6.07) is 11.6. The molecule has 28 heavy (non-hydrogen) atoms. The standard InChI is InChI=1S/C23H31NO4/c1-17(2)23(25,18(3)4)22-12-11-20(28-22)16-24(13-14-26-5)15-19-9-7-8-10-21(19)27-6/h7-12,25H,1,3,13-16H2,2,4-6H3. The highest BCUT2D eigenvalue weighted by Gasteiger charge is 2.35. The fourth-order valence-electron chi connectivity index (χ4n) is 3.17. The first kappa shape index (κ1) is 22.0. The van der Waals surface area contributed by atoms with Crippen molar-refractivity contribution in [3.05, 3.63) is 77.8 Å². The maximum absolute atomic E-state index is 11.0. The summed E-state index contributed by atoms with van der Waals surface area (Å²) in [7, 11) is 3.36. The Kier molecular flexibility index (Phi) is 7.63. The lowest BCUT2D eigenvalue weighted by atomic mass is 9.87. The summed E-state index contributed by atoms with van der Waals surface area (Å²) in [6.07, 6.45) is 0. The molecule has 0 bridgehead atoms. The quantitative estimate of drug-likeness (QED) is 0.585. The lowest BCUT2D eigenvalue weighted by Crippen LogP contribution is -2.28. The maximum Gasteiger partial charge on any atom is 0.163 e. The molecule has 0 aliphatic rings. The van der Waals surface area contributed by atoms with Crippen molar-refractivity contribution in [2.75, 3.05) is 27.4 Å². The summed E-state index contributed by atoms with van der Waals surface area (Å²) in [5.74, 6) is 2.04. The van der Waals surface area contributed by atoms with Gasteiger partial charge < -0.3 is 19.0 Å². The molecule has 0 fully saturated rings. The minimum atomic E-state index is -1.36. The van der Waals surface area contributed by atoms with Crippen molar-refractivity contribution in [2.45, 2.75) is 32.5 Å². The van der Waals surface area contributed by atoms with Crippen molar-refractivity contribution in [1.29, 1.82) is 0 Å². The van der Waals surface area contributed by atoms with Gasteiger partial charge in [0.2, 0.25) is 0 Å². The van der Waals surface area contributed by atoms with Crippen LogP contribution in [0.3, 0.4) is 0 Å². The van der Waals surface area contributed by atoms with E-state index in [1.807, 2.05) is 30.3 Å². The minimum Gasteiger partial charge on any atom is -0.496 e. The third-order valence-electron chi connectivity index (χ3n) is 4.83. The van der Waals surface area contributed by atoms with Crippen molar-refractivity contribution in [3.8, 4) is 5.75 Å². The van der Waals surface area contributed by atoms with Gasteiger partial charge in [0.1, 0.15) is 17.3 Å². The van der Waals surface area contributed by atoms with Crippen molar-refractivity contribution in [2.24, 2.45) is 0 Å². The Labute approximate surface area is 167 Å². The van der Waals surface area contributed by atoms with Gasteiger partial charge in [-0.15, -0.1) is 0 Å². The summed E-state index contributed by atoms with van der Waals surface area (Å²) >= 11 is 0. The van der Waals surface area contributed by atoms with Crippen molar-refractivity contribution in [1.82, 2.24) is 4.90 Å². The van der Waals surface area contributed by atoms with E-state index in [9.17, 15) is 5.11 Å². The molecule has 0 saturated carbocycles. The molecule has 2 aromatic rings. The number of aliphatic hydroxyl groups is 1. The Morgan fingerprint density at radius 1 is 1.07 bits per heavy atom. The molecule has 0 amide bonds. The van der Waals surface area contributed by atoms with Gasteiger partial charge in [0.05, 0.1) is 20.3 Å². The lowest BCUT2D eigenvalue weighted by Gasteiger charge is -2.27. The van der Waals surface area contributed by atoms with Crippen LogP contribution in [0.2, 0.25) is 0 Å². The number of hydrogen-bond donors (Lipinski definition) is 1.